The van der Waals surface area contributed by atoms with Gasteiger partial charge in [-0.05, 0) is 43.7 Å². The van der Waals surface area contributed by atoms with Gasteiger partial charge in [0.25, 0.3) is 0 Å². The molecule has 0 spiro atoms. The minimum atomic E-state index is -0.160. The summed E-state index contributed by atoms with van der Waals surface area (Å²) in [5, 5.41) is 6.30. The second-order valence-electron chi connectivity index (χ2n) is 7.21. The Morgan fingerprint density at radius 3 is 2.52 bits per heavy atom. The molecule has 3 rings (SSSR count). The molecular weight excluding hydrogens is 414 g/mol. The number of hydrogen-bond donors (Lipinski definition) is 2. The van der Waals surface area contributed by atoms with Crippen LogP contribution in [-0.4, -0.2) is 30.0 Å². The van der Waals surface area contributed by atoms with E-state index in [1.54, 1.807) is 12.1 Å². The highest BCUT2D eigenvalue weighted by Crippen LogP contribution is 2.30. The van der Waals surface area contributed by atoms with Gasteiger partial charge in [-0.15, -0.1) is 0 Å². The maximum Gasteiger partial charge on any atom is 0.228 e. The van der Waals surface area contributed by atoms with Crippen LogP contribution in [-0.2, 0) is 16.0 Å². The molecule has 1 heterocycles. The Kier molecular flexibility index (Phi) is 7.46. The number of nitrogens with zero attached hydrogens (tertiary/aromatic N) is 1. The number of carbonyl (C=O) groups is 2. The third-order valence-corrected chi connectivity index (χ3v) is 5.34. The highest BCUT2D eigenvalue weighted by Gasteiger charge is 2.13. The first-order valence-electron chi connectivity index (χ1n) is 10.3. The molecule has 0 fully saturated rings. The number of nitrogens with one attached hydrogen (secondary N) is 2. The van der Waals surface area contributed by atoms with Gasteiger partial charge >= 0.3 is 0 Å². The second kappa shape index (κ2) is 10.3. The van der Waals surface area contributed by atoms with Gasteiger partial charge in [-0.25, -0.2) is 4.98 Å². The third kappa shape index (κ3) is 5.95. The van der Waals surface area contributed by atoms with Crippen LogP contribution in [0.1, 0.15) is 33.3 Å². The van der Waals surface area contributed by atoms with Crippen LogP contribution in [0.4, 0.5) is 10.8 Å². The number of rotatable bonds is 9. The first kappa shape index (κ1) is 22.6. The van der Waals surface area contributed by atoms with Gasteiger partial charge in [0.05, 0.1) is 35.5 Å². The van der Waals surface area contributed by atoms with Gasteiger partial charge in [0.15, 0.2) is 5.13 Å². The zero-order valence-electron chi connectivity index (χ0n) is 18.2. The highest BCUT2D eigenvalue weighted by atomic mass is 32.1. The lowest BCUT2D eigenvalue weighted by molar-refractivity contribution is -0.119. The lowest BCUT2D eigenvalue weighted by Crippen LogP contribution is -2.17. The van der Waals surface area contributed by atoms with E-state index in [0.717, 1.165) is 15.8 Å². The topological polar surface area (TPSA) is 89.6 Å². The van der Waals surface area contributed by atoms with Gasteiger partial charge in [0.2, 0.25) is 11.8 Å². The predicted molar refractivity (Wildman–Crippen MR) is 124 cm³/mol. The van der Waals surface area contributed by atoms with E-state index >= 15 is 0 Å². The molecule has 7 nitrogen and oxygen atoms in total. The molecule has 2 amide bonds. The lowest BCUT2D eigenvalue weighted by atomic mass is 10.1. The molecule has 3 aromatic rings. The number of thiazole rings is 1. The van der Waals surface area contributed by atoms with Gasteiger partial charge in [0, 0.05) is 12.0 Å². The summed E-state index contributed by atoms with van der Waals surface area (Å²) in [4.78, 5) is 29.0. The zero-order chi connectivity index (χ0) is 22.4. The molecule has 0 aliphatic rings. The number of carbonyl (C=O) groups excluding carboxylic acids is 2. The van der Waals surface area contributed by atoms with E-state index in [-0.39, 0.29) is 24.2 Å². The molecular formula is C23H27N3O4S. The van der Waals surface area contributed by atoms with Crippen molar-refractivity contribution in [3.63, 3.8) is 0 Å². The van der Waals surface area contributed by atoms with Gasteiger partial charge in [-0.2, -0.15) is 0 Å². The number of benzene rings is 2. The van der Waals surface area contributed by atoms with Crippen LogP contribution in [0.25, 0.3) is 10.2 Å². The molecule has 0 bridgehead atoms. The standard InChI is InChI=1S/C23H27N3O4S/c1-5-29-16-8-10-19(30-6-2)18(13-16)24-21(27)12-15-7-9-17-20(11-15)31-23(25-17)26-22(28)14(3)4/h7-11,13-14H,5-6,12H2,1-4H3,(H,24,27)(H,25,26,28). The SMILES string of the molecule is CCOc1ccc(OCC)c(NC(=O)Cc2ccc3nc(NC(=O)C(C)C)sc3c2)c1. The van der Waals surface area contributed by atoms with E-state index in [9.17, 15) is 9.59 Å². The molecule has 0 radical (unpaired) electrons. The van der Waals surface area contributed by atoms with Gasteiger partial charge in [-0.3, -0.25) is 9.59 Å². The van der Waals surface area contributed by atoms with E-state index in [1.165, 1.54) is 11.3 Å². The first-order chi connectivity index (χ1) is 14.9. The smallest absolute Gasteiger partial charge is 0.228 e. The van der Waals surface area contributed by atoms with Crippen molar-refractivity contribution in [3.05, 3.63) is 42.0 Å². The number of ether oxygens (including phenoxy) is 2. The molecule has 0 atom stereocenters. The second-order valence-corrected chi connectivity index (χ2v) is 8.24. The fourth-order valence-corrected chi connectivity index (χ4v) is 3.84. The van der Waals surface area contributed by atoms with Gasteiger partial charge < -0.3 is 20.1 Å². The monoisotopic (exact) mass is 441 g/mol. The van der Waals surface area contributed by atoms with Crippen LogP contribution in [0.15, 0.2) is 36.4 Å². The third-order valence-electron chi connectivity index (χ3n) is 4.41. The summed E-state index contributed by atoms with van der Waals surface area (Å²) in [5.41, 5.74) is 2.22. The molecule has 1 aromatic heterocycles. The summed E-state index contributed by atoms with van der Waals surface area (Å²) in [6.45, 7) is 8.50. The molecule has 0 saturated carbocycles. The summed E-state index contributed by atoms with van der Waals surface area (Å²) in [6, 6.07) is 11.0. The van der Waals surface area contributed by atoms with Crippen LogP contribution >= 0.6 is 11.3 Å². The molecule has 2 N–H and O–H groups in total. The van der Waals surface area contributed by atoms with Crippen LogP contribution in [0.5, 0.6) is 11.5 Å². The van der Waals surface area contributed by atoms with Crippen molar-refractivity contribution in [1.82, 2.24) is 4.98 Å². The largest absolute Gasteiger partial charge is 0.494 e. The van der Waals surface area contributed by atoms with Crippen LogP contribution < -0.4 is 20.1 Å². The van der Waals surface area contributed by atoms with E-state index in [1.807, 2.05) is 52.0 Å². The van der Waals surface area contributed by atoms with Crippen molar-refractivity contribution < 1.29 is 19.1 Å². The molecule has 0 aliphatic heterocycles. The Bertz CT molecular complexity index is 1080. The molecule has 0 aliphatic carbocycles. The van der Waals surface area contributed by atoms with Crippen molar-refractivity contribution in [2.75, 3.05) is 23.8 Å². The molecule has 0 saturated heterocycles. The minimum absolute atomic E-state index is 0.0713. The first-order valence-corrected chi connectivity index (χ1v) is 11.1. The van der Waals surface area contributed by atoms with Crippen LogP contribution in [0.3, 0.4) is 0 Å². The maximum atomic E-state index is 12.7. The Morgan fingerprint density at radius 2 is 1.81 bits per heavy atom. The summed E-state index contributed by atoms with van der Waals surface area (Å²) >= 11 is 1.39. The Morgan fingerprint density at radius 1 is 1.03 bits per heavy atom. The van der Waals surface area contributed by atoms with E-state index < -0.39 is 0 Å². The molecule has 8 heteroatoms. The van der Waals surface area contributed by atoms with Crippen LogP contribution in [0.2, 0.25) is 0 Å². The normalized spacial score (nSPS) is 10.9. The quantitative estimate of drug-likeness (QED) is 0.494. The van der Waals surface area contributed by atoms with Crippen molar-refractivity contribution >= 4 is 44.2 Å². The fourth-order valence-electron chi connectivity index (χ4n) is 2.91. The number of aromatic nitrogens is 1. The number of fused-ring (bicyclic) bond motifs is 1. The predicted octanol–water partition coefficient (Wildman–Crippen LogP) is 4.87. The highest BCUT2D eigenvalue weighted by molar-refractivity contribution is 7.22. The molecule has 2 aromatic carbocycles. The fraction of sp³-hybridized carbons (Fsp3) is 0.348. The lowest BCUT2D eigenvalue weighted by Gasteiger charge is -2.13. The zero-order valence-corrected chi connectivity index (χ0v) is 19.0. The van der Waals surface area contributed by atoms with E-state index in [2.05, 4.69) is 15.6 Å². The Labute approximate surface area is 185 Å². The average molecular weight is 442 g/mol. The number of amides is 2. The van der Waals surface area contributed by atoms with Crippen molar-refractivity contribution in [1.29, 1.82) is 0 Å². The van der Waals surface area contributed by atoms with E-state index in [4.69, 9.17) is 9.47 Å². The molecule has 31 heavy (non-hydrogen) atoms. The molecule has 0 unspecified atom stereocenters. The van der Waals surface area contributed by atoms with Crippen LogP contribution in [0, 0.1) is 5.92 Å². The summed E-state index contributed by atoms with van der Waals surface area (Å²) in [5.74, 6) is 0.921. The van der Waals surface area contributed by atoms with Crippen molar-refractivity contribution in [2.45, 2.75) is 34.1 Å². The Balaban J connectivity index is 1.73. The number of anilines is 2. The Hall–Kier alpha value is -3.13. The molecule has 164 valence electrons. The maximum absolute atomic E-state index is 12.7. The summed E-state index contributed by atoms with van der Waals surface area (Å²) < 4.78 is 12.1. The number of hydrogen-bond acceptors (Lipinski definition) is 6. The van der Waals surface area contributed by atoms with Gasteiger partial charge in [-0.1, -0.05) is 31.3 Å². The summed E-state index contributed by atoms with van der Waals surface area (Å²) in [7, 11) is 0. The van der Waals surface area contributed by atoms with Crippen molar-refractivity contribution in [3.8, 4) is 11.5 Å². The average Bonchev–Trinajstić information content (AvgIpc) is 3.11. The van der Waals surface area contributed by atoms with Gasteiger partial charge in [0.1, 0.15) is 11.5 Å². The van der Waals surface area contributed by atoms with Crippen molar-refractivity contribution in [2.24, 2.45) is 5.92 Å². The minimum Gasteiger partial charge on any atom is -0.494 e. The van der Waals surface area contributed by atoms with E-state index in [0.29, 0.717) is 35.5 Å². The summed E-state index contributed by atoms with van der Waals surface area (Å²) in [6.07, 6.45) is 0.200.